The van der Waals surface area contributed by atoms with Gasteiger partial charge in [-0.25, -0.2) is 0 Å². The van der Waals surface area contributed by atoms with Crippen molar-refractivity contribution in [2.75, 3.05) is 6.61 Å². The molecule has 1 nitrogen and oxygen atoms in total. The maximum atomic E-state index is 5.72. The Labute approximate surface area is 129 Å². The summed E-state index contributed by atoms with van der Waals surface area (Å²) in [6.45, 7) is 0.857. The largest absolute Gasteiger partial charge is 0.492 e. The fraction of sp³-hybridized carbons (Fsp3) is 0.333. The fourth-order valence-electron chi connectivity index (χ4n) is 0.941. The van der Waals surface area contributed by atoms with E-state index in [-0.39, 0.29) is 0 Å². The average Bonchev–Trinajstić information content (AvgIpc) is 2.14. The van der Waals surface area contributed by atoms with Crippen molar-refractivity contribution in [1.29, 1.82) is 0 Å². The summed E-state index contributed by atoms with van der Waals surface area (Å²) < 4.78 is 9.49. The molecule has 0 aromatic heterocycles. The van der Waals surface area contributed by atoms with Crippen molar-refractivity contribution in [1.82, 2.24) is 0 Å². The number of halogens is 3. The molecular weight excluding hydrogens is 533 g/mol. The Morgan fingerprint density at radius 2 is 1.71 bits per heavy atom. The fourth-order valence-corrected chi connectivity index (χ4v) is 3.35. The molecule has 0 unspecified atom stereocenters. The third kappa shape index (κ3) is 4.12. The van der Waals surface area contributed by atoms with Gasteiger partial charge in [0.05, 0.1) is 10.2 Å². The van der Waals surface area contributed by atoms with Gasteiger partial charge in [0.2, 0.25) is 0 Å². The summed E-state index contributed by atoms with van der Waals surface area (Å²) in [5.74, 6) is 1.03. The molecule has 5 heteroatoms. The van der Waals surface area contributed by atoms with Crippen LogP contribution in [0.5, 0.6) is 5.75 Å². The van der Waals surface area contributed by atoms with Crippen molar-refractivity contribution >= 4 is 78.0 Å². The van der Waals surface area contributed by atoms with Crippen molar-refractivity contribution < 1.29 is 4.74 Å². The molecular formula is C9H11I3OSi. The highest BCUT2D eigenvalue weighted by atomic mass is 127. The van der Waals surface area contributed by atoms with E-state index in [4.69, 9.17) is 4.74 Å². The van der Waals surface area contributed by atoms with Crippen LogP contribution < -0.4 is 4.74 Å². The van der Waals surface area contributed by atoms with Crippen LogP contribution in [0.4, 0.5) is 0 Å². The molecule has 0 spiro atoms. The molecule has 0 atom stereocenters. The number of hydrogen-bond donors (Lipinski definition) is 0. The minimum Gasteiger partial charge on any atom is -0.492 e. The highest BCUT2D eigenvalue weighted by molar-refractivity contribution is 14.1. The first-order valence-electron chi connectivity index (χ1n) is 4.42. The van der Waals surface area contributed by atoms with Gasteiger partial charge in [0.1, 0.15) is 5.75 Å². The van der Waals surface area contributed by atoms with Crippen molar-refractivity contribution in [2.45, 2.75) is 12.5 Å². The molecule has 0 N–H and O–H groups in total. The molecule has 0 fully saturated rings. The van der Waals surface area contributed by atoms with Gasteiger partial charge in [-0.15, -0.1) is 0 Å². The second-order valence-corrected chi connectivity index (χ2v) is 7.39. The van der Waals surface area contributed by atoms with Crippen molar-refractivity contribution in [3.63, 3.8) is 0 Å². The van der Waals surface area contributed by atoms with E-state index in [1.807, 2.05) is 0 Å². The predicted octanol–water partition coefficient (Wildman–Crippen LogP) is 3.05. The lowest BCUT2D eigenvalue weighted by Crippen LogP contribution is -1.99. The summed E-state index contributed by atoms with van der Waals surface area (Å²) in [5, 5.41) is 0. The minimum atomic E-state index is 0.857. The zero-order valence-corrected chi connectivity index (χ0v) is 16.3. The van der Waals surface area contributed by atoms with E-state index in [1.54, 1.807) is 0 Å². The summed E-state index contributed by atoms with van der Waals surface area (Å²) in [6, 6.07) is 5.61. The first-order valence-corrected chi connectivity index (χ1v) is 9.07. The number of ether oxygens (including phenoxy) is 1. The molecule has 0 radical (unpaired) electrons. The maximum absolute atomic E-state index is 5.72. The zero-order valence-electron chi connectivity index (χ0n) is 7.82. The van der Waals surface area contributed by atoms with E-state index >= 15 is 0 Å². The van der Waals surface area contributed by atoms with Crippen molar-refractivity contribution in [3.05, 3.63) is 22.8 Å². The Balaban J connectivity index is 2.72. The van der Waals surface area contributed by atoms with Crippen LogP contribution in [-0.4, -0.2) is 16.8 Å². The molecule has 14 heavy (non-hydrogen) atoms. The van der Waals surface area contributed by atoms with Crippen LogP contribution in [-0.2, 0) is 0 Å². The molecule has 0 aliphatic rings. The molecule has 0 saturated carbocycles. The van der Waals surface area contributed by atoms with Gasteiger partial charge in [0.15, 0.2) is 0 Å². The van der Waals surface area contributed by atoms with E-state index in [9.17, 15) is 0 Å². The number of benzene rings is 1. The smallest absolute Gasteiger partial charge is 0.133 e. The second-order valence-electron chi connectivity index (χ2n) is 2.90. The molecule has 0 amide bonds. The van der Waals surface area contributed by atoms with Crippen LogP contribution >= 0.6 is 67.8 Å². The Morgan fingerprint density at radius 3 is 2.36 bits per heavy atom. The molecule has 78 valence electrons. The predicted molar refractivity (Wildman–Crippen MR) is 89.5 cm³/mol. The second kappa shape index (κ2) is 6.89. The topological polar surface area (TPSA) is 9.23 Å². The summed E-state index contributed by atoms with van der Waals surface area (Å²) >= 11 is 7.02. The number of rotatable bonds is 4. The first-order chi connectivity index (χ1) is 6.65. The minimum absolute atomic E-state index is 0.857. The molecule has 0 aliphatic carbocycles. The van der Waals surface area contributed by atoms with Gasteiger partial charge in [-0.2, -0.15) is 0 Å². The van der Waals surface area contributed by atoms with E-state index in [0.717, 1.165) is 12.4 Å². The third-order valence-corrected chi connectivity index (χ3v) is 6.10. The number of hydrogen-bond acceptors (Lipinski definition) is 1. The zero-order chi connectivity index (χ0) is 10.6. The maximum Gasteiger partial charge on any atom is 0.133 e. The average molecular weight is 544 g/mol. The van der Waals surface area contributed by atoms with Gasteiger partial charge in [-0.3, -0.25) is 0 Å². The summed E-state index contributed by atoms with van der Waals surface area (Å²) in [4.78, 5) is 0. The summed E-state index contributed by atoms with van der Waals surface area (Å²) in [6.07, 6.45) is 1.19. The van der Waals surface area contributed by atoms with Crippen LogP contribution in [0.1, 0.15) is 6.42 Å². The first kappa shape index (κ1) is 13.5. The van der Waals surface area contributed by atoms with Crippen LogP contribution in [0, 0.1) is 10.7 Å². The highest BCUT2D eigenvalue weighted by Crippen LogP contribution is 2.27. The van der Waals surface area contributed by atoms with Crippen LogP contribution in [0.15, 0.2) is 12.1 Å². The standard InChI is InChI=1S/C9H11I3OSi/c10-6-4-8(12)9(5-7(6)11)13-2-1-3-14/h4-5H,1-3H2,14H3. The SMILES string of the molecule is [SiH3]CCCOc1cc(I)c(I)cc1I. The highest BCUT2D eigenvalue weighted by Gasteiger charge is 2.05. The Bertz CT molecular complexity index is 317. The summed E-state index contributed by atoms with van der Waals surface area (Å²) in [7, 11) is 1.28. The monoisotopic (exact) mass is 544 g/mol. The normalized spacial score (nSPS) is 10.5. The molecule has 1 rings (SSSR count). The van der Waals surface area contributed by atoms with Crippen LogP contribution in [0.25, 0.3) is 0 Å². The lowest BCUT2D eigenvalue weighted by Gasteiger charge is -2.09. The van der Waals surface area contributed by atoms with E-state index in [0.29, 0.717) is 0 Å². The van der Waals surface area contributed by atoms with Gasteiger partial charge in [-0.05, 0) is 86.3 Å². The van der Waals surface area contributed by atoms with E-state index < -0.39 is 0 Å². The molecule has 0 saturated heterocycles. The Morgan fingerprint density at radius 1 is 1.07 bits per heavy atom. The van der Waals surface area contributed by atoms with Gasteiger partial charge in [-0.1, -0.05) is 6.04 Å². The van der Waals surface area contributed by atoms with Crippen molar-refractivity contribution in [3.8, 4) is 5.75 Å². The molecule has 1 aromatic rings. The van der Waals surface area contributed by atoms with E-state index in [1.165, 1.54) is 33.4 Å². The third-order valence-electron chi connectivity index (χ3n) is 1.73. The lowest BCUT2D eigenvalue weighted by molar-refractivity contribution is 0.315. The quantitative estimate of drug-likeness (QED) is 0.246. The summed E-state index contributed by atoms with van der Waals surface area (Å²) in [5.41, 5.74) is 0. The van der Waals surface area contributed by atoms with Crippen LogP contribution in [0.3, 0.4) is 0 Å². The van der Waals surface area contributed by atoms with Gasteiger partial charge in [0, 0.05) is 17.4 Å². The lowest BCUT2D eigenvalue weighted by atomic mass is 10.3. The van der Waals surface area contributed by atoms with Gasteiger partial charge >= 0.3 is 0 Å². The van der Waals surface area contributed by atoms with Crippen LogP contribution in [0.2, 0.25) is 6.04 Å². The van der Waals surface area contributed by atoms with E-state index in [2.05, 4.69) is 79.9 Å². The van der Waals surface area contributed by atoms with Gasteiger partial charge < -0.3 is 4.74 Å². The molecule has 0 aliphatic heterocycles. The molecule has 1 aromatic carbocycles. The Hall–Kier alpha value is 1.43. The molecule has 0 bridgehead atoms. The van der Waals surface area contributed by atoms with Crippen molar-refractivity contribution in [2.24, 2.45) is 0 Å². The Kier molecular flexibility index (Phi) is 6.64. The molecule has 0 heterocycles. The van der Waals surface area contributed by atoms with Gasteiger partial charge in [0.25, 0.3) is 0 Å².